The van der Waals surface area contributed by atoms with Crippen molar-refractivity contribution in [3.8, 4) is 5.75 Å². The topological polar surface area (TPSA) is 87.1 Å². The summed E-state index contributed by atoms with van der Waals surface area (Å²) in [5.74, 6) is -1.07. The number of carbonyl (C=O) groups is 1. The minimum Gasteiger partial charge on any atom is -0.495 e. The average molecular weight is 411 g/mol. The second-order valence-corrected chi connectivity index (χ2v) is 8.38. The molecule has 1 N–H and O–H groups in total. The molecule has 0 atom stereocenters. The van der Waals surface area contributed by atoms with Crippen LogP contribution in [0.5, 0.6) is 5.75 Å². The van der Waals surface area contributed by atoms with E-state index in [-0.39, 0.29) is 29.3 Å². The summed E-state index contributed by atoms with van der Waals surface area (Å²) in [6.45, 7) is 1.55. The maximum Gasteiger partial charge on any atom is 0.335 e. The molecule has 0 spiro atoms. The normalized spacial score (nSPS) is 15.6. The highest BCUT2D eigenvalue weighted by molar-refractivity contribution is 7.89. The van der Waals surface area contributed by atoms with Crippen molar-refractivity contribution in [3.05, 3.63) is 53.1 Å². The van der Waals surface area contributed by atoms with Gasteiger partial charge >= 0.3 is 5.97 Å². The highest BCUT2D eigenvalue weighted by Crippen LogP contribution is 2.29. The molecule has 27 heavy (non-hydrogen) atoms. The SMILES string of the molecule is COc1ccc(C(=O)O)cc1S(=O)(=O)N1CCN(c2cccc(Cl)c2)CC1. The smallest absolute Gasteiger partial charge is 0.335 e. The molecular formula is C18H19ClN2O5S. The molecule has 0 aliphatic carbocycles. The zero-order valence-corrected chi connectivity index (χ0v) is 16.2. The highest BCUT2D eigenvalue weighted by atomic mass is 35.5. The number of carboxylic acid groups (broad SMARTS) is 1. The van der Waals surface area contributed by atoms with E-state index in [1.54, 1.807) is 6.07 Å². The Balaban J connectivity index is 1.83. The van der Waals surface area contributed by atoms with Crippen molar-refractivity contribution in [2.24, 2.45) is 0 Å². The van der Waals surface area contributed by atoms with E-state index in [4.69, 9.17) is 21.4 Å². The zero-order valence-electron chi connectivity index (χ0n) is 14.6. The molecule has 0 aromatic heterocycles. The van der Waals surface area contributed by atoms with E-state index < -0.39 is 16.0 Å². The zero-order chi connectivity index (χ0) is 19.6. The predicted octanol–water partition coefficient (Wildman–Crippen LogP) is 2.56. The largest absolute Gasteiger partial charge is 0.495 e. The molecular weight excluding hydrogens is 392 g/mol. The summed E-state index contributed by atoms with van der Waals surface area (Å²) < 4.78 is 32.6. The van der Waals surface area contributed by atoms with Crippen LogP contribution in [0.3, 0.4) is 0 Å². The maximum atomic E-state index is 13.1. The molecule has 1 saturated heterocycles. The Morgan fingerprint density at radius 3 is 2.41 bits per heavy atom. The standard InChI is InChI=1S/C18H19ClN2O5S/c1-26-16-6-5-13(18(22)23)11-17(16)27(24,25)21-9-7-20(8-10-21)15-4-2-3-14(19)12-15/h2-6,11-12H,7-10H2,1H3,(H,22,23). The number of carboxylic acids is 1. The van der Waals surface area contributed by atoms with Crippen LogP contribution in [-0.4, -0.2) is 57.1 Å². The third-order valence-electron chi connectivity index (χ3n) is 4.44. The minimum atomic E-state index is -3.88. The number of ether oxygens (including phenoxy) is 1. The van der Waals surface area contributed by atoms with Crippen molar-refractivity contribution >= 4 is 33.3 Å². The predicted molar refractivity (Wildman–Crippen MR) is 102 cm³/mol. The summed E-state index contributed by atoms with van der Waals surface area (Å²) in [6, 6.07) is 11.2. The Bertz CT molecular complexity index is 956. The molecule has 0 saturated carbocycles. The van der Waals surface area contributed by atoms with Gasteiger partial charge in [0.25, 0.3) is 0 Å². The molecule has 9 heteroatoms. The Kier molecular flexibility index (Phi) is 5.59. The number of nitrogens with zero attached hydrogens (tertiary/aromatic N) is 2. The molecule has 1 fully saturated rings. The number of methoxy groups -OCH3 is 1. The van der Waals surface area contributed by atoms with Crippen LogP contribution in [0.15, 0.2) is 47.4 Å². The number of anilines is 1. The molecule has 7 nitrogen and oxygen atoms in total. The van der Waals surface area contributed by atoms with E-state index in [0.717, 1.165) is 11.8 Å². The monoisotopic (exact) mass is 410 g/mol. The van der Waals surface area contributed by atoms with E-state index in [9.17, 15) is 13.2 Å². The van der Waals surface area contributed by atoms with Gasteiger partial charge in [0.05, 0.1) is 12.7 Å². The van der Waals surface area contributed by atoms with Gasteiger partial charge in [-0.1, -0.05) is 17.7 Å². The first-order valence-electron chi connectivity index (χ1n) is 8.25. The second kappa shape index (κ2) is 7.75. The molecule has 0 bridgehead atoms. The summed E-state index contributed by atoms with van der Waals surface area (Å²) in [5, 5.41) is 9.79. The lowest BCUT2D eigenvalue weighted by Crippen LogP contribution is -2.48. The van der Waals surface area contributed by atoms with Gasteiger partial charge in [0.1, 0.15) is 10.6 Å². The summed E-state index contributed by atoms with van der Waals surface area (Å²) in [5.41, 5.74) is 0.831. The molecule has 2 aromatic rings. The second-order valence-electron chi connectivity index (χ2n) is 6.04. The lowest BCUT2D eigenvalue weighted by Gasteiger charge is -2.35. The number of rotatable bonds is 5. The van der Waals surface area contributed by atoms with E-state index in [1.165, 1.54) is 23.5 Å². The molecule has 1 aliphatic heterocycles. The fraction of sp³-hybridized carbons (Fsp3) is 0.278. The van der Waals surface area contributed by atoms with Gasteiger partial charge in [0, 0.05) is 36.9 Å². The van der Waals surface area contributed by atoms with Gasteiger partial charge < -0.3 is 14.7 Å². The molecule has 1 aliphatic rings. The highest BCUT2D eigenvalue weighted by Gasteiger charge is 2.31. The van der Waals surface area contributed by atoms with Crippen molar-refractivity contribution in [3.63, 3.8) is 0 Å². The van der Waals surface area contributed by atoms with Crippen LogP contribution >= 0.6 is 11.6 Å². The Labute approximate surface area is 162 Å². The van der Waals surface area contributed by atoms with Crippen LogP contribution in [0.4, 0.5) is 5.69 Å². The van der Waals surface area contributed by atoms with Crippen molar-refractivity contribution in [1.82, 2.24) is 4.31 Å². The van der Waals surface area contributed by atoms with Crippen molar-refractivity contribution in [2.45, 2.75) is 4.90 Å². The number of benzene rings is 2. The van der Waals surface area contributed by atoms with Gasteiger partial charge in [-0.2, -0.15) is 4.31 Å². The van der Waals surface area contributed by atoms with Crippen LogP contribution in [0.25, 0.3) is 0 Å². The van der Waals surface area contributed by atoms with Crippen LogP contribution < -0.4 is 9.64 Å². The number of halogens is 1. The first kappa shape index (κ1) is 19.5. The Morgan fingerprint density at radius 2 is 1.81 bits per heavy atom. The van der Waals surface area contributed by atoms with Gasteiger partial charge in [0.15, 0.2) is 0 Å². The van der Waals surface area contributed by atoms with Crippen LogP contribution in [0.2, 0.25) is 5.02 Å². The number of sulfonamides is 1. The maximum absolute atomic E-state index is 13.1. The van der Waals surface area contributed by atoms with Crippen molar-refractivity contribution < 1.29 is 23.1 Å². The quantitative estimate of drug-likeness (QED) is 0.815. The lowest BCUT2D eigenvalue weighted by molar-refractivity contribution is 0.0696. The third kappa shape index (κ3) is 4.02. The molecule has 0 amide bonds. The summed E-state index contributed by atoms with van der Waals surface area (Å²) in [4.78, 5) is 13.1. The first-order valence-corrected chi connectivity index (χ1v) is 10.1. The Hall–Kier alpha value is -2.29. The fourth-order valence-electron chi connectivity index (χ4n) is 3.01. The molecule has 3 rings (SSSR count). The van der Waals surface area contributed by atoms with E-state index in [1.807, 2.05) is 18.2 Å². The van der Waals surface area contributed by atoms with E-state index in [2.05, 4.69) is 4.90 Å². The lowest BCUT2D eigenvalue weighted by atomic mass is 10.2. The number of aromatic carboxylic acids is 1. The third-order valence-corrected chi connectivity index (χ3v) is 6.60. The van der Waals surface area contributed by atoms with Gasteiger partial charge in [-0.15, -0.1) is 0 Å². The summed E-state index contributed by atoms with van der Waals surface area (Å²) >= 11 is 6.02. The van der Waals surface area contributed by atoms with Gasteiger partial charge in [-0.05, 0) is 36.4 Å². The number of hydrogen-bond acceptors (Lipinski definition) is 5. The van der Waals surface area contributed by atoms with Gasteiger partial charge in [0.2, 0.25) is 10.0 Å². The summed E-state index contributed by atoms with van der Waals surface area (Å²) in [6.07, 6.45) is 0. The number of piperazine rings is 1. The molecule has 144 valence electrons. The van der Waals surface area contributed by atoms with Gasteiger partial charge in [-0.25, -0.2) is 13.2 Å². The molecule has 0 unspecified atom stereocenters. The molecule has 2 aromatic carbocycles. The molecule has 0 radical (unpaired) electrons. The minimum absolute atomic E-state index is 0.105. The number of hydrogen-bond donors (Lipinski definition) is 1. The Morgan fingerprint density at radius 1 is 1.11 bits per heavy atom. The van der Waals surface area contributed by atoms with Crippen LogP contribution in [-0.2, 0) is 10.0 Å². The van der Waals surface area contributed by atoms with Crippen molar-refractivity contribution in [1.29, 1.82) is 0 Å². The fourth-order valence-corrected chi connectivity index (χ4v) is 4.80. The van der Waals surface area contributed by atoms with E-state index in [0.29, 0.717) is 18.1 Å². The van der Waals surface area contributed by atoms with Gasteiger partial charge in [-0.3, -0.25) is 0 Å². The summed E-state index contributed by atoms with van der Waals surface area (Å²) in [7, 11) is -2.53. The average Bonchev–Trinajstić information content (AvgIpc) is 2.67. The van der Waals surface area contributed by atoms with Crippen molar-refractivity contribution in [2.75, 3.05) is 38.2 Å². The van der Waals surface area contributed by atoms with Crippen LogP contribution in [0.1, 0.15) is 10.4 Å². The first-order chi connectivity index (χ1) is 12.8. The van der Waals surface area contributed by atoms with Crippen LogP contribution in [0, 0.1) is 0 Å². The van der Waals surface area contributed by atoms with E-state index >= 15 is 0 Å². The molecule has 1 heterocycles.